The molecule has 0 aliphatic carbocycles. The number of nitrogens with zero attached hydrogens (tertiary/aromatic N) is 1. The molecule has 0 aliphatic rings. The summed E-state index contributed by atoms with van der Waals surface area (Å²) in [5.74, 6) is -0.266. The predicted octanol–water partition coefficient (Wildman–Crippen LogP) is 6.12. The van der Waals surface area contributed by atoms with E-state index in [1.807, 2.05) is 48.6 Å². The number of hydrogen-bond acceptors (Lipinski definition) is 4. The number of nitrogen functional groups attached to an aromatic ring is 1. The first-order valence-electron chi connectivity index (χ1n) is 8.24. The quantitative estimate of drug-likeness (QED) is 0.448. The number of pyridine rings is 1. The average Bonchev–Trinajstić information content (AvgIpc) is 3.00. The van der Waals surface area contributed by atoms with Gasteiger partial charge < -0.3 is 15.5 Å². The van der Waals surface area contributed by atoms with Gasteiger partial charge in [-0.05, 0) is 35.9 Å². The highest BCUT2D eigenvalue weighted by Gasteiger charge is 2.15. The maximum Gasteiger partial charge on any atom is 0.215 e. The molecule has 2 aromatic carbocycles. The molecule has 0 fully saturated rings. The fraction of sp³-hybridized carbons (Fsp3) is 0. The van der Waals surface area contributed by atoms with E-state index in [4.69, 9.17) is 21.8 Å². The van der Waals surface area contributed by atoms with Crippen molar-refractivity contribution >= 4 is 52.0 Å². The van der Waals surface area contributed by atoms with Crippen LogP contribution in [0.2, 0.25) is 5.02 Å². The SMILES string of the molecule is Nc1oc2c(/C=C/c3ccccc3)nccc2c1Nc1ccc(F)c(Cl)c1. The van der Waals surface area contributed by atoms with E-state index in [9.17, 15) is 4.39 Å². The van der Waals surface area contributed by atoms with Crippen LogP contribution in [0.3, 0.4) is 0 Å². The van der Waals surface area contributed by atoms with Crippen LogP contribution < -0.4 is 11.1 Å². The van der Waals surface area contributed by atoms with E-state index in [-0.39, 0.29) is 10.9 Å². The molecule has 6 heteroatoms. The Hall–Kier alpha value is -3.31. The fourth-order valence-electron chi connectivity index (χ4n) is 2.77. The Morgan fingerprint density at radius 1 is 1.07 bits per heavy atom. The van der Waals surface area contributed by atoms with E-state index in [1.165, 1.54) is 12.1 Å². The highest BCUT2D eigenvalue weighted by molar-refractivity contribution is 6.31. The zero-order chi connectivity index (χ0) is 18.8. The molecule has 0 atom stereocenters. The summed E-state index contributed by atoms with van der Waals surface area (Å²) in [6.45, 7) is 0. The van der Waals surface area contributed by atoms with Crippen molar-refractivity contribution in [2.75, 3.05) is 11.1 Å². The van der Waals surface area contributed by atoms with Crippen molar-refractivity contribution in [2.24, 2.45) is 0 Å². The number of hydrogen-bond donors (Lipinski definition) is 2. The summed E-state index contributed by atoms with van der Waals surface area (Å²) < 4.78 is 19.1. The van der Waals surface area contributed by atoms with Gasteiger partial charge in [0.1, 0.15) is 17.2 Å². The minimum Gasteiger partial charge on any atom is -0.436 e. The summed E-state index contributed by atoms with van der Waals surface area (Å²) in [6.07, 6.45) is 5.51. The van der Waals surface area contributed by atoms with Crippen LogP contribution in [-0.4, -0.2) is 4.98 Å². The molecule has 0 amide bonds. The molecule has 134 valence electrons. The minimum atomic E-state index is -0.482. The van der Waals surface area contributed by atoms with Crippen LogP contribution in [0.4, 0.5) is 21.6 Å². The number of benzene rings is 2. The number of nitrogens with two attached hydrogens (primary N) is 1. The van der Waals surface area contributed by atoms with Crippen LogP contribution in [0.15, 0.2) is 65.2 Å². The van der Waals surface area contributed by atoms with Gasteiger partial charge in [0, 0.05) is 11.9 Å². The second-order valence-electron chi connectivity index (χ2n) is 5.91. The first kappa shape index (κ1) is 17.1. The molecule has 0 unspecified atom stereocenters. The Kier molecular flexibility index (Phi) is 4.52. The zero-order valence-electron chi connectivity index (χ0n) is 14.1. The zero-order valence-corrected chi connectivity index (χ0v) is 14.9. The molecule has 4 nitrogen and oxygen atoms in total. The van der Waals surface area contributed by atoms with Crippen LogP contribution in [0.25, 0.3) is 23.1 Å². The topological polar surface area (TPSA) is 64.1 Å². The first-order chi connectivity index (χ1) is 13.1. The average molecular weight is 380 g/mol. The molecule has 3 N–H and O–H groups in total. The van der Waals surface area contributed by atoms with Gasteiger partial charge in [0.05, 0.1) is 10.4 Å². The smallest absolute Gasteiger partial charge is 0.215 e. The molecule has 27 heavy (non-hydrogen) atoms. The van der Waals surface area contributed by atoms with Crippen LogP contribution in [-0.2, 0) is 0 Å². The minimum absolute atomic E-state index is 0.0273. The van der Waals surface area contributed by atoms with Crippen LogP contribution in [0, 0.1) is 5.82 Å². The lowest BCUT2D eigenvalue weighted by atomic mass is 10.1. The van der Waals surface area contributed by atoms with Crippen molar-refractivity contribution in [3.8, 4) is 0 Å². The summed E-state index contributed by atoms with van der Waals surface area (Å²) >= 11 is 5.85. The van der Waals surface area contributed by atoms with Crippen molar-refractivity contribution < 1.29 is 8.81 Å². The lowest BCUT2D eigenvalue weighted by Crippen LogP contribution is -1.94. The molecule has 0 radical (unpaired) electrons. The highest BCUT2D eigenvalue weighted by atomic mass is 35.5. The van der Waals surface area contributed by atoms with Gasteiger partial charge >= 0.3 is 0 Å². The molecular weight excluding hydrogens is 365 g/mol. The molecule has 4 rings (SSSR count). The maximum atomic E-state index is 13.4. The molecule has 4 aromatic rings. The fourth-order valence-corrected chi connectivity index (χ4v) is 2.95. The Bertz CT molecular complexity index is 1140. The van der Waals surface area contributed by atoms with Crippen LogP contribution >= 0.6 is 11.6 Å². The molecule has 0 aliphatic heterocycles. The van der Waals surface area contributed by atoms with Gasteiger partial charge in [0.15, 0.2) is 5.58 Å². The van der Waals surface area contributed by atoms with E-state index in [1.54, 1.807) is 12.3 Å². The molecule has 0 bridgehead atoms. The second kappa shape index (κ2) is 7.13. The Labute approximate surface area is 160 Å². The first-order valence-corrected chi connectivity index (χ1v) is 8.62. The summed E-state index contributed by atoms with van der Waals surface area (Å²) in [7, 11) is 0. The Balaban J connectivity index is 1.72. The number of furan rings is 1. The summed E-state index contributed by atoms with van der Waals surface area (Å²) in [5.41, 5.74) is 9.53. The van der Waals surface area contributed by atoms with E-state index in [2.05, 4.69) is 10.3 Å². The van der Waals surface area contributed by atoms with Crippen molar-refractivity contribution in [1.29, 1.82) is 0 Å². The van der Waals surface area contributed by atoms with Crippen molar-refractivity contribution in [1.82, 2.24) is 4.98 Å². The van der Waals surface area contributed by atoms with Crippen LogP contribution in [0.5, 0.6) is 0 Å². The summed E-state index contributed by atoms with van der Waals surface area (Å²) in [4.78, 5) is 4.37. The number of anilines is 3. The molecule has 2 aromatic heterocycles. The van der Waals surface area contributed by atoms with Crippen LogP contribution in [0.1, 0.15) is 11.3 Å². The molecule has 0 spiro atoms. The summed E-state index contributed by atoms with van der Waals surface area (Å²) in [6, 6.07) is 16.1. The highest BCUT2D eigenvalue weighted by Crippen LogP contribution is 2.37. The van der Waals surface area contributed by atoms with Gasteiger partial charge in [-0.25, -0.2) is 4.39 Å². The van der Waals surface area contributed by atoms with Crippen molar-refractivity contribution in [3.05, 3.63) is 82.9 Å². The van der Waals surface area contributed by atoms with Gasteiger partial charge in [0.25, 0.3) is 0 Å². The van der Waals surface area contributed by atoms with E-state index >= 15 is 0 Å². The van der Waals surface area contributed by atoms with Gasteiger partial charge in [-0.3, -0.25) is 4.98 Å². The molecule has 0 saturated carbocycles. The lowest BCUT2D eigenvalue weighted by molar-refractivity contribution is 0.628. The Morgan fingerprint density at radius 2 is 1.89 bits per heavy atom. The molecule has 2 heterocycles. The van der Waals surface area contributed by atoms with Gasteiger partial charge in [-0.1, -0.05) is 48.0 Å². The van der Waals surface area contributed by atoms with Gasteiger partial charge in [0.2, 0.25) is 5.88 Å². The molecular formula is C21H15ClFN3O. The number of halogens is 2. The third-order valence-electron chi connectivity index (χ3n) is 4.08. The largest absolute Gasteiger partial charge is 0.436 e. The van der Waals surface area contributed by atoms with Gasteiger partial charge in [-0.15, -0.1) is 0 Å². The summed E-state index contributed by atoms with van der Waals surface area (Å²) in [5, 5.41) is 3.94. The molecule has 0 saturated heterocycles. The third-order valence-corrected chi connectivity index (χ3v) is 4.37. The number of nitrogens with one attached hydrogen (secondary N) is 1. The monoisotopic (exact) mass is 379 g/mol. The Morgan fingerprint density at radius 3 is 2.67 bits per heavy atom. The van der Waals surface area contributed by atoms with E-state index in [0.717, 1.165) is 10.9 Å². The predicted molar refractivity (Wildman–Crippen MR) is 108 cm³/mol. The van der Waals surface area contributed by atoms with E-state index < -0.39 is 5.82 Å². The maximum absolute atomic E-state index is 13.4. The van der Waals surface area contributed by atoms with Crippen molar-refractivity contribution in [2.45, 2.75) is 0 Å². The number of aromatic nitrogens is 1. The van der Waals surface area contributed by atoms with E-state index in [0.29, 0.717) is 22.7 Å². The number of rotatable bonds is 4. The second-order valence-corrected chi connectivity index (χ2v) is 6.32. The standard InChI is InChI=1S/C21H15ClFN3O/c22-16-12-14(7-8-17(16)23)26-19-15-10-11-25-18(20(15)27-21(19)24)9-6-13-4-2-1-3-5-13/h1-12,26H,24H2/b9-6+. The normalized spacial score (nSPS) is 11.3. The lowest BCUT2D eigenvalue weighted by Gasteiger charge is -2.06. The van der Waals surface area contributed by atoms with Gasteiger partial charge in [-0.2, -0.15) is 0 Å². The van der Waals surface area contributed by atoms with Crippen molar-refractivity contribution in [3.63, 3.8) is 0 Å². The third kappa shape index (κ3) is 3.50. The number of fused-ring (bicyclic) bond motifs is 1.